The van der Waals surface area contributed by atoms with Crippen molar-refractivity contribution in [1.29, 1.82) is 0 Å². The van der Waals surface area contributed by atoms with Gasteiger partial charge in [0.05, 0.1) is 18.1 Å². The van der Waals surface area contributed by atoms with Crippen LogP contribution in [0, 0.1) is 0 Å². The van der Waals surface area contributed by atoms with E-state index >= 15 is 0 Å². The smallest absolute Gasteiger partial charge is 0.258 e. The maximum Gasteiger partial charge on any atom is 0.258 e. The van der Waals surface area contributed by atoms with Gasteiger partial charge in [-0.3, -0.25) is 4.79 Å². The van der Waals surface area contributed by atoms with Crippen LogP contribution in [0.1, 0.15) is 47.7 Å². The predicted octanol–water partition coefficient (Wildman–Crippen LogP) is 3.42. The Kier molecular flexibility index (Phi) is 5.95. The highest BCUT2D eigenvalue weighted by Gasteiger charge is 2.29. The van der Waals surface area contributed by atoms with Crippen molar-refractivity contribution in [2.45, 2.75) is 37.5 Å². The lowest BCUT2D eigenvalue weighted by molar-refractivity contribution is 0.0730. The van der Waals surface area contributed by atoms with Crippen molar-refractivity contribution in [1.82, 2.24) is 4.31 Å². The highest BCUT2D eigenvalue weighted by molar-refractivity contribution is 7.89. The van der Waals surface area contributed by atoms with Crippen LogP contribution in [-0.4, -0.2) is 51.5 Å². The molecule has 0 N–H and O–H groups in total. The Bertz CT molecular complexity index is 1040. The first kappa shape index (κ1) is 21.0. The summed E-state index contributed by atoms with van der Waals surface area (Å²) in [5.41, 5.74) is 3.77. The first-order valence-corrected chi connectivity index (χ1v) is 11.9. The van der Waals surface area contributed by atoms with Crippen LogP contribution in [0.2, 0.25) is 0 Å². The monoisotopic (exact) mass is 428 g/mol. The number of nitrogens with zero attached hydrogens (tertiary/aromatic N) is 2. The standard InChI is InChI=1S/C23H28N2O4S/c1-17(2)18-8-9-22-19(15-18)6-4-10-25(22)23(26)20-5-3-7-21(16-20)30(27,28)24-11-13-29-14-12-24/h3,5,7-9,15-17H,4,6,10-14H2,1-2H3. The summed E-state index contributed by atoms with van der Waals surface area (Å²) < 4.78 is 32.6. The lowest BCUT2D eigenvalue weighted by atomic mass is 9.94. The summed E-state index contributed by atoms with van der Waals surface area (Å²) >= 11 is 0. The molecule has 0 bridgehead atoms. The van der Waals surface area contributed by atoms with Crippen molar-refractivity contribution >= 4 is 21.6 Å². The molecule has 2 heterocycles. The van der Waals surface area contributed by atoms with Gasteiger partial charge in [-0.25, -0.2) is 8.42 Å². The molecule has 0 unspecified atom stereocenters. The van der Waals surface area contributed by atoms with Gasteiger partial charge in [-0.2, -0.15) is 4.31 Å². The molecule has 2 aliphatic rings. The zero-order valence-corrected chi connectivity index (χ0v) is 18.3. The van der Waals surface area contributed by atoms with Crippen molar-refractivity contribution in [2.24, 2.45) is 0 Å². The van der Waals surface area contributed by atoms with E-state index in [1.165, 1.54) is 21.5 Å². The Morgan fingerprint density at radius 2 is 1.80 bits per heavy atom. The number of aryl methyl sites for hydroxylation is 1. The van der Waals surface area contributed by atoms with Crippen LogP contribution in [0.3, 0.4) is 0 Å². The van der Waals surface area contributed by atoms with Crippen molar-refractivity contribution in [3.05, 3.63) is 59.2 Å². The van der Waals surface area contributed by atoms with E-state index in [9.17, 15) is 13.2 Å². The number of anilines is 1. The number of amides is 1. The van der Waals surface area contributed by atoms with Crippen molar-refractivity contribution in [2.75, 3.05) is 37.7 Å². The fourth-order valence-electron chi connectivity index (χ4n) is 4.07. The Hall–Kier alpha value is -2.22. The fourth-order valence-corrected chi connectivity index (χ4v) is 5.52. The molecule has 1 fully saturated rings. The van der Waals surface area contributed by atoms with Gasteiger partial charge in [-0.1, -0.05) is 32.0 Å². The topological polar surface area (TPSA) is 66.9 Å². The van der Waals surface area contributed by atoms with Gasteiger partial charge in [0.1, 0.15) is 0 Å². The van der Waals surface area contributed by atoms with Gasteiger partial charge in [0, 0.05) is 30.9 Å². The molecule has 0 spiro atoms. The van der Waals surface area contributed by atoms with E-state index in [0.29, 0.717) is 44.3 Å². The summed E-state index contributed by atoms with van der Waals surface area (Å²) in [5, 5.41) is 0. The number of ether oxygens (including phenoxy) is 1. The Morgan fingerprint density at radius 3 is 2.53 bits per heavy atom. The van der Waals surface area contributed by atoms with Gasteiger partial charge in [0.15, 0.2) is 0 Å². The molecule has 30 heavy (non-hydrogen) atoms. The molecule has 2 aromatic carbocycles. The van der Waals surface area contributed by atoms with Gasteiger partial charge in [0.25, 0.3) is 5.91 Å². The zero-order valence-electron chi connectivity index (χ0n) is 17.5. The largest absolute Gasteiger partial charge is 0.379 e. The van der Waals surface area contributed by atoms with Gasteiger partial charge in [-0.05, 0) is 54.2 Å². The molecule has 7 heteroatoms. The molecule has 2 aliphatic heterocycles. The number of morpholine rings is 1. The number of hydrogen-bond acceptors (Lipinski definition) is 4. The molecular weight excluding hydrogens is 400 g/mol. The average molecular weight is 429 g/mol. The second-order valence-corrected chi connectivity index (χ2v) is 10.1. The Morgan fingerprint density at radius 1 is 1.03 bits per heavy atom. The molecule has 1 amide bonds. The summed E-state index contributed by atoms with van der Waals surface area (Å²) in [6, 6.07) is 12.7. The van der Waals surface area contributed by atoms with Gasteiger partial charge in [-0.15, -0.1) is 0 Å². The Balaban J connectivity index is 1.63. The molecule has 0 radical (unpaired) electrons. The molecular formula is C23H28N2O4S. The molecule has 4 rings (SSSR count). The maximum absolute atomic E-state index is 13.3. The molecule has 0 aliphatic carbocycles. The summed E-state index contributed by atoms with van der Waals surface area (Å²) in [6.07, 6.45) is 1.84. The SMILES string of the molecule is CC(C)c1ccc2c(c1)CCCN2C(=O)c1cccc(S(=O)(=O)N2CCOCC2)c1. The molecule has 0 atom stereocenters. The minimum atomic E-state index is -3.64. The van der Waals surface area contributed by atoms with Gasteiger partial charge in [0.2, 0.25) is 10.0 Å². The highest BCUT2D eigenvalue weighted by Crippen LogP contribution is 2.31. The number of carbonyl (C=O) groups is 1. The third-order valence-electron chi connectivity index (χ3n) is 5.82. The average Bonchev–Trinajstić information content (AvgIpc) is 2.78. The van der Waals surface area contributed by atoms with E-state index in [-0.39, 0.29) is 10.8 Å². The van der Waals surface area contributed by atoms with Gasteiger partial charge < -0.3 is 9.64 Å². The number of sulfonamides is 1. The van der Waals surface area contributed by atoms with Crippen LogP contribution in [-0.2, 0) is 21.2 Å². The third-order valence-corrected chi connectivity index (χ3v) is 7.72. The minimum absolute atomic E-state index is 0.155. The number of hydrogen-bond donors (Lipinski definition) is 0. The van der Waals surface area contributed by atoms with Crippen molar-refractivity contribution < 1.29 is 17.9 Å². The number of rotatable bonds is 4. The van der Waals surface area contributed by atoms with Crippen LogP contribution in [0.15, 0.2) is 47.4 Å². The lowest BCUT2D eigenvalue weighted by Gasteiger charge is -2.30. The van der Waals surface area contributed by atoms with E-state index in [2.05, 4.69) is 26.0 Å². The fraction of sp³-hybridized carbons (Fsp3) is 0.435. The highest BCUT2D eigenvalue weighted by atomic mass is 32.2. The van der Waals surface area contributed by atoms with E-state index in [0.717, 1.165) is 18.5 Å². The van der Waals surface area contributed by atoms with Crippen LogP contribution in [0.25, 0.3) is 0 Å². The van der Waals surface area contributed by atoms with Crippen LogP contribution < -0.4 is 4.90 Å². The molecule has 6 nitrogen and oxygen atoms in total. The number of benzene rings is 2. The van der Waals surface area contributed by atoms with Crippen molar-refractivity contribution in [3.8, 4) is 0 Å². The van der Waals surface area contributed by atoms with E-state index in [4.69, 9.17) is 4.74 Å². The summed E-state index contributed by atoms with van der Waals surface area (Å²) in [5.74, 6) is 0.274. The van der Waals surface area contributed by atoms with E-state index in [1.54, 1.807) is 23.1 Å². The number of fused-ring (bicyclic) bond motifs is 1. The Labute approximate surface area is 178 Å². The number of carbonyl (C=O) groups excluding carboxylic acids is 1. The predicted molar refractivity (Wildman–Crippen MR) is 117 cm³/mol. The van der Waals surface area contributed by atoms with E-state index in [1.807, 2.05) is 6.07 Å². The van der Waals surface area contributed by atoms with Crippen LogP contribution >= 0.6 is 0 Å². The summed E-state index contributed by atoms with van der Waals surface area (Å²) in [6.45, 7) is 6.40. The minimum Gasteiger partial charge on any atom is -0.379 e. The lowest BCUT2D eigenvalue weighted by Crippen LogP contribution is -2.40. The van der Waals surface area contributed by atoms with Crippen molar-refractivity contribution in [3.63, 3.8) is 0 Å². The van der Waals surface area contributed by atoms with E-state index < -0.39 is 10.0 Å². The van der Waals surface area contributed by atoms with Crippen LogP contribution in [0.5, 0.6) is 0 Å². The van der Waals surface area contributed by atoms with Gasteiger partial charge >= 0.3 is 0 Å². The first-order chi connectivity index (χ1) is 14.4. The van der Waals surface area contributed by atoms with Crippen LogP contribution in [0.4, 0.5) is 5.69 Å². The normalized spacial score (nSPS) is 17.8. The molecule has 160 valence electrons. The molecule has 0 aromatic heterocycles. The second kappa shape index (κ2) is 8.49. The first-order valence-electron chi connectivity index (χ1n) is 10.5. The second-order valence-electron chi connectivity index (χ2n) is 8.15. The molecule has 2 aromatic rings. The zero-order chi connectivity index (χ0) is 21.3. The molecule has 0 saturated carbocycles. The summed E-state index contributed by atoms with van der Waals surface area (Å²) in [7, 11) is -3.64. The third kappa shape index (κ3) is 4.02. The summed E-state index contributed by atoms with van der Waals surface area (Å²) in [4.78, 5) is 15.3. The quantitative estimate of drug-likeness (QED) is 0.748. The molecule has 1 saturated heterocycles. The maximum atomic E-state index is 13.3.